The highest BCUT2D eigenvalue weighted by molar-refractivity contribution is 5.89. The van der Waals surface area contributed by atoms with Gasteiger partial charge in [-0.15, -0.1) is 0 Å². The third-order valence-electron chi connectivity index (χ3n) is 5.84. The second-order valence-electron chi connectivity index (χ2n) is 7.99. The molecular formula is C23H23F3N6O. The van der Waals surface area contributed by atoms with Crippen molar-refractivity contribution < 1.29 is 17.9 Å². The van der Waals surface area contributed by atoms with E-state index in [0.29, 0.717) is 54.3 Å². The van der Waals surface area contributed by atoms with E-state index < -0.39 is 5.92 Å². The number of halogens is 3. The summed E-state index contributed by atoms with van der Waals surface area (Å²) in [5, 5.41) is 5.84. The van der Waals surface area contributed by atoms with Crippen LogP contribution in [-0.2, 0) is 4.74 Å². The maximum absolute atomic E-state index is 15.0. The molecule has 3 aromatic rings. The zero-order valence-electron chi connectivity index (χ0n) is 17.8. The van der Waals surface area contributed by atoms with Crippen LogP contribution >= 0.6 is 0 Å². The number of anilines is 2. The molecule has 2 aromatic heterocycles. The molecule has 0 radical (unpaired) electrons. The SMILES string of the molecule is Fc1cc(-c2cc3nccnc3c(N/C=C3/CNCCC3(F)F)n2)ccc1N1CCOCC1. The standard InChI is InChI=1S/C23H23F3N6O/c24-17-11-15(1-2-20(17)32-7-9-33-10-8-32)18-12-19-21(29-6-5-28-19)22(31-18)30-14-16-13-27-4-3-23(16,25)26/h1-2,5-6,11-12,14,27H,3-4,7-10,13H2,(H,30,31)/b16-14-. The van der Waals surface area contributed by atoms with Crippen LogP contribution in [0.15, 0.2) is 48.4 Å². The van der Waals surface area contributed by atoms with Gasteiger partial charge in [0.05, 0.1) is 30.1 Å². The number of hydrogen-bond donors (Lipinski definition) is 2. The van der Waals surface area contributed by atoms with Gasteiger partial charge >= 0.3 is 0 Å². The van der Waals surface area contributed by atoms with E-state index in [0.717, 1.165) is 0 Å². The number of alkyl halides is 2. The van der Waals surface area contributed by atoms with Crippen LogP contribution in [0.4, 0.5) is 24.7 Å². The van der Waals surface area contributed by atoms with E-state index in [9.17, 15) is 13.2 Å². The maximum Gasteiger partial charge on any atom is 0.273 e. The number of nitrogens with one attached hydrogen (secondary N) is 2. The van der Waals surface area contributed by atoms with Crippen LogP contribution < -0.4 is 15.5 Å². The van der Waals surface area contributed by atoms with Crippen molar-refractivity contribution in [1.29, 1.82) is 0 Å². The average molecular weight is 456 g/mol. The molecule has 2 aliphatic rings. The predicted molar refractivity (Wildman–Crippen MR) is 120 cm³/mol. The summed E-state index contributed by atoms with van der Waals surface area (Å²) in [7, 11) is 0. The average Bonchev–Trinajstić information content (AvgIpc) is 2.83. The molecule has 2 fully saturated rings. The Bertz CT molecular complexity index is 1200. The van der Waals surface area contributed by atoms with E-state index in [1.807, 2.05) is 4.90 Å². The monoisotopic (exact) mass is 456 g/mol. The summed E-state index contributed by atoms with van der Waals surface area (Å²) < 4.78 is 48.7. The summed E-state index contributed by atoms with van der Waals surface area (Å²) >= 11 is 0. The van der Waals surface area contributed by atoms with Gasteiger partial charge in [-0.05, 0) is 18.2 Å². The molecule has 2 N–H and O–H groups in total. The smallest absolute Gasteiger partial charge is 0.273 e. The number of morpholine rings is 1. The lowest BCUT2D eigenvalue weighted by molar-refractivity contribution is 0.0204. The van der Waals surface area contributed by atoms with Crippen molar-refractivity contribution in [2.45, 2.75) is 12.3 Å². The van der Waals surface area contributed by atoms with Gasteiger partial charge in [0.15, 0.2) is 5.82 Å². The van der Waals surface area contributed by atoms with Gasteiger partial charge in [-0.3, -0.25) is 4.98 Å². The van der Waals surface area contributed by atoms with E-state index in [1.165, 1.54) is 24.7 Å². The van der Waals surface area contributed by atoms with Gasteiger partial charge in [0, 0.05) is 62.3 Å². The van der Waals surface area contributed by atoms with Crippen LogP contribution in [0.25, 0.3) is 22.3 Å². The van der Waals surface area contributed by atoms with Gasteiger partial charge in [0.25, 0.3) is 5.92 Å². The molecule has 10 heteroatoms. The lowest BCUT2D eigenvalue weighted by Crippen LogP contribution is -2.38. The summed E-state index contributed by atoms with van der Waals surface area (Å²) in [6.45, 7) is 2.72. The first-order valence-corrected chi connectivity index (χ1v) is 10.8. The summed E-state index contributed by atoms with van der Waals surface area (Å²) in [5.74, 6) is -2.97. The van der Waals surface area contributed by atoms with Crippen molar-refractivity contribution in [1.82, 2.24) is 20.3 Å². The van der Waals surface area contributed by atoms with Gasteiger partial charge < -0.3 is 20.3 Å². The first-order valence-electron chi connectivity index (χ1n) is 10.8. The lowest BCUT2D eigenvalue weighted by atomic mass is 10.0. The number of nitrogens with zero attached hydrogens (tertiary/aromatic N) is 4. The second-order valence-corrected chi connectivity index (χ2v) is 7.99. The highest BCUT2D eigenvalue weighted by Gasteiger charge is 2.36. The van der Waals surface area contributed by atoms with Gasteiger partial charge in [-0.1, -0.05) is 6.07 Å². The number of fused-ring (bicyclic) bond motifs is 1. The van der Waals surface area contributed by atoms with Gasteiger partial charge in [-0.25, -0.2) is 23.1 Å². The molecule has 0 bridgehead atoms. The fourth-order valence-corrected chi connectivity index (χ4v) is 4.02. The Kier molecular flexibility index (Phi) is 5.86. The number of hydrogen-bond acceptors (Lipinski definition) is 7. The Labute approximate surface area is 188 Å². The molecule has 0 unspecified atom stereocenters. The van der Waals surface area contributed by atoms with Crippen molar-refractivity contribution in [2.24, 2.45) is 0 Å². The van der Waals surface area contributed by atoms with Crippen molar-refractivity contribution in [3.05, 3.63) is 54.2 Å². The van der Waals surface area contributed by atoms with E-state index in [4.69, 9.17) is 4.74 Å². The number of pyridine rings is 1. The van der Waals surface area contributed by atoms with E-state index >= 15 is 0 Å². The molecule has 4 heterocycles. The Morgan fingerprint density at radius 3 is 2.73 bits per heavy atom. The Hall–Kier alpha value is -3.24. The van der Waals surface area contributed by atoms with Gasteiger partial charge in [0.1, 0.15) is 11.3 Å². The van der Waals surface area contributed by atoms with Crippen LogP contribution in [-0.4, -0.2) is 60.3 Å². The normalized spacial score (nSPS) is 19.7. The molecule has 0 aliphatic carbocycles. The Balaban J connectivity index is 1.50. The number of benzene rings is 1. The zero-order chi connectivity index (χ0) is 22.8. The van der Waals surface area contributed by atoms with E-state index in [-0.39, 0.29) is 36.7 Å². The Morgan fingerprint density at radius 1 is 1.12 bits per heavy atom. The van der Waals surface area contributed by atoms with Crippen molar-refractivity contribution in [2.75, 3.05) is 49.6 Å². The van der Waals surface area contributed by atoms with Gasteiger partial charge in [-0.2, -0.15) is 0 Å². The molecule has 5 rings (SSSR count). The molecule has 172 valence electrons. The molecular weight excluding hydrogens is 433 g/mol. The fourth-order valence-electron chi connectivity index (χ4n) is 4.02. The molecule has 0 saturated carbocycles. The minimum atomic E-state index is -2.89. The van der Waals surface area contributed by atoms with Crippen LogP contribution in [0.1, 0.15) is 6.42 Å². The molecule has 1 aromatic carbocycles. The highest BCUT2D eigenvalue weighted by atomic mass is 19.3. The summed E-state index contributed by atoms with van der Waals surface area (Å²) in [6.07, 6.45) is 4.06. The van der Waals surface area contributed by atoms with Crippen LogP contribution in [0, 0.1) is 5.82 Å². The van der Waals surface area contributed by atoms with E-state index in [1.54, 1.807) is 18.2 Å². The summed E-state index contributed by atoms with van der Waals surface area (Å²) in [6, 6.07) is 6.65. The van der Waals surface area contributed by atoms with Crippen LogP contribution in [0.5, 0.6) is 0 Å². The quantitative estimate of drug-likeness (QED) is 0.622. The van der Waals surface area contributed by atoms with Crippen molar-refractivity contribution in [3.8, 4) is 11.3 Å². The third kappa shape index (κ3) is 4.49. The zero-order valence-corrected chi connectivity index (χ0v) is 17.8. The molecule has 7 nitrogen and oxygen atoms in total. The van der Waals surface area contributed by atoms with Crippen LogP contribution in [0.2, 0.25) is 0 Å². The number of ether oxygens (including phenoxy) is 1. The molecule has 0 amide bonds. The highest BCUT2D eigenvalue weighted by Crippen LogP contribution is 2.32. The molecule has 0 spiro atoms. The number of rotatable bonds is 4. The van der Waals surface area contributed by atoms with Crippen molar-refractivity contribution in [3.63, 3.8) is 0 Å². The van der Waals surface area contributed by atoms with E-state index in [2.05, 4.69) is 25.6 Å². The fraction of sp³-hybridized carbons (Fsp3) is 0.348. The first-order chi connectivity index (χ1) is 16.0. The first kappa shape index (κ1) is 21.6. The predicted octanol–water partition coefficient (Wildman–Crippen LogP) is 3.59. The molecule has 2 saturated heterocycles. The molecule has 2 aliphatic heterocycles. The number of piperidine rings is 1. The minimum Gasteiger partial charge on any atom is -0.378 e. The largest absolute Gasteiger partial charge is 0.378 e. The minimum absolute atomic E-state index is 0.0566. The Morgan fingerprint density at radius 2 is 1.94 bits per heavy atom. The third-order valence-corrected chi connectivity index (χ3v) is 5.84. The molecule has 33 heavy (non-hydrogen) atoms. The molecule has 0 atom stereocenters. The second kappa shape index (κ2) is 8.95. The lowest BCUT2D eigenvalue weighted by Gasteiger charge is -2.29. The maximum atomic E-state index is 15.0. The number of aromatic nitrogens is 3. The van der Waals surface area contributed by atoms with Crippen LogP contribution in [0.3, 0.4) is 0 Å². The summed E-state index contributed by atoms with van der Waals surface area (Å²) in [4.78, 5) is 15.1. The summed E-state index contributed by atoms with van der Waals surface area (Å²) in [5.41, 5.74) is 2.43. The topological polar surface area (TPSA) is 75.2 Å². The van der Waals surface area contributed by atoms with Crippen molar-refractivity contribution >= 4 is 22.5 Å². The van der Waals surface area contributed by atoms with Gasteiger partial charge in [0.2, 0.25) is 0 Å².